The molecular formula is C56H54IN5O9Zn. The van der Waals surface area contributed by atoms with Crippen LogP contribution in [0.5, 0.6) is 51.7 Å². The summed E-state index contributed by atoms with van der Waals surface area (Å²) in [4.78, 5) is 21.9. The third-order valence-corrected chi connectivity index (χ3v) is 12.4. The van der Waals surface area contributed by atoms with Crippen LogP contribution in [-0.2, 0) is 19.5 Å². The van der Waals surface area contributed by atoms with Gasteiger partial charge in [-0.15, -0.1) is 22.1 Å². The predicted octanol–water partition coefficient (Wildman–Crippen LogP) is 7.86. The first-order chi connectivity index (χ1) is 33.9. The van der Waals surface area contributed by atoms with E-state index < -0.39 is 0 Å². The minimum absolute atomic E-state index is 0. The fourth-order valence-corrected chi connectivity index (χ4v) is 8.98. The Morgan fingerprint density at radius 2 is 0.611 bits per heavy atom. The number of fused-ring (bicyclic) bond motifs is 8. The van der Waals surface area contributed by atoms with Crippen molar-refractivity contribution >= 4 is 52.1 Å². The van der Waals surface area contributed by atoms with E-state index in [0.29, 0.717) is 134 Å². The average molecular weight is 1130 g/mol. The quantitative estimate of drug-likeness (QED) is 0.0595. The SMILES string of the molecule is COc1cc(OC)c(-c2c3nc(c(-c4c(OC)cc(OC)cc4OC)c4ccc([n-]4)c(-c4c(OC)cc(OC)cc4OC)c4nc(c(-c5ccc([N+](C)(C)C)cc5)c5ccc2[n-]5)C=C4)C=C3)c(OC)c1.[I-].[Zn+2]. The maximum absolute atomic E-state index is 6.11. The molecule has 2 aliphatic rings. The molecule has 16 heteroatoms. The van der Waals surface area contributed by atoms with E-state index in [1.807, 2.05) is 85.0 Å². The van der Waals surface area contributed by atoms with Crippen molar-refractivity contribution in [2.45, 2.75) is 0 Å². The molecule has 8 bridgehead atoms. The molecule has 0 aliphatic carbocycles. The zero-order chi connectivity index (χ0) is 49.4. The Hall–Kier alpha value is -7.01. The Labute approximate surface area is 448 Å². The fraction of sp³-hybridized carbons (Fsp3) is 0.214. The van der Waals surface area contributed by atoms with Crippen molar-refractivity contribution in [3.05, 3.63) is 108 Å². The summed E-state index contributed by atoms with van der Waals surface area (Å²) in [5, 5.41) is 0. The molecular weight excluding hydrogens is 1080 g/mol. The van der Waals surface area contributed by atoms with Crippen LogP contribution in [-0.4, -0.2) is 95.1 Å². The van der Waals surface area contributed by atoms with Gasteiger partial charge in [0, 0.05) is 53.1 Å². The summed E-state index contributed by atoms with van der Waals surface area (Å²) < 4.78 is 54.4. The van der Waals surface area contributed by atoms with Gasteiger partial charge in [0.15, 0.2) is 0 Å². The molecule has 2 aliphatic heterocycles. The van der Waals surface area contributed by atoms with Gasteiger partial charge in [-0.05, 0) is 59.7 Å². The van der Waals surface area contributed by atoms with E-state index in [1.165, 1.54) is 0 Å². The van der Waals surface area contributed by atoms with Crippen LogP contribution < -0.4 is 81.1 Å². The van der Waals surface area contributed by atoms with Crippen molar-refractivity contribution in [3.8, 4) is 96.3 Å². The van der Waals surface area contributed by atoms with E-state index in [4.69, 9.17) is 62.6 Å². The fourth-order valence-electron chi connectivity index (χ4n) is 8.98. The van der Waals surface area contributed by atoms with Crippen molar-refractivity contribution in [2.24, 2.45) is 0 Å². The van der Waals surface area contributed by atoms with E-state index in [1.54, 1.807) is 64.0 Å². The van der Waals surface area contributed by atoms with Gasteiger partial charge >= 0.3 is 19.5 Å². The van der Waals surface area contributed by atoms with Crippen LogP contribution in [0.25, 0.3) is 90.9 Å². The largest absolute Gasteiger partial charge is 2.00 e. The first-order valence-electron chi connectivity index (χ1n) is 22.3. The Balaban J connectivity index is 0.00000380. The first kappa shape index (κ1) is 52.8. The average Bonchev–Trinajstić information content (AvgIpc) is 4.24. The maximum atomic E-state index is 6.11. The van der Waals surface area contributed by atoms with Gasteiger partial charge in [0.25, 0.3) is 0 Å². The van der Waals surface area contributed by atoms with Crippen LogP contribution in [0.1, 0.15) is 22.8 Å². The van der Waals surface area contributed by atoms with Crippen molar-refractivity contribution < 1.29 is 86.1 Å². The van der Waals surface area contributed by atoms with Gasteiger partial charge in [0.2, 0.25) is 0 Å². The van der Waals surface area contributed by atoms with Gasteiger partial charge in [-0.1, -0.05) is 24.3 Å². The van der Waals surface area contributed by atoms with E-state index in [0.717, 1.165) is 16.8 Å². The summed E-state index contributed by atoms with van der Waals surface area (Å²) in [6.45, 7) is 0. The molecule has 0 saturated heterocycles. The van der Waals surface area contributed by atoms with Gasteiger partial charge in [-0.3, -0.25) is 4.48 Å². The van der Waals surface area contributed by atoms with Crippen LogP contribution in [0.4, 0.5) is 5.69 Å². The molecule has 0 fully saturated rings. The molecule has 0 amide bonds. The Morgan fingerprint density at radius 1 is 0.347 bits per heavy atom. The summed E-state index contributed by atoms with van der Waals surface area (Å²) in [5.74, 6) is 4.58. The minimum Gasteiger partial charge on any atom is -1.00 e. The monoisotopic (exact) mass is 1130 g/mol. The van der Waals surface area contributed by atoms with Crippen LogP contribution in [0.2, 0.25) is 0 Å². The molecule has 3 aromatic heterocycles. The van der Waals surface area contributed by atoms with Crippen molar-refractivity contribution in [1.82, 2.24) is 24.4 Å². The zero-order valence-electron chi connectivity index (χ0n) is 42.4. The van der Waals surface area contributed by atoms with Crippen LogP contribution in [0.3, 0.4) is 0 Å². The van der Waals surface area contributed by atoms with E-state index >= 15 is 0 Å². The number of halogens is 1. The van der Waals surface area contributed by atoms with Crippen molar-refractivity contribution in [1.29, 1.82) is 0 Å². The molecule has 0 saturated carbocycles. The van der Waals surface area contributed by atoms with Gasteiger partial charge in [0.05, 0.1) is 125 Å². The number of hydrogen-bond acceptors (Lipinski definition) is 11. The molecule has 9 rings (SSSR count). The first-order valence-corrected chi connectivity index (χ1v) is 22.3. The van der Waals surface area contributed by atoms with Gasteiger partial charge in [0.1, 0.15) is 57.4 Å². The van der Waals surface area contributed by atoms with Crippen LogP contribution in [0, 0.1) is 0 Å². The van der Waals surface area contributed by atoms with Gasteiger partial charge in [-0.2, -0.15) is 0 Å². The summed E-state index contributed by atoms with van der Waals surface area (Å²) in [6.07, 6.45) is 7.90. The van der Waals surface area contributed by atoms with Crippen LogP contribution >= 0.6 is 0 Å². The molecule has 0 N–H and O–H groups in total. The minimum atomic E-state index is 0. The number of aromatic nitrogens is 4. The Bertz CT molecular complexity index is 3280. The van der Waals surface area contributed by atoms with Crippen LogP contribution in [0.15, 0.2) is 84.9 Å². The van der Waals surface area contributed by atoms with E-state index in [2.05, 4.69) is 45.4 Å². The molecule has 7 aromatic rings. The normalized spacial score (nSPS) is 11.6. The number of hydrogen-bond donors (Lipinski definition) is 0. The molecule has 366 valence electrons. The third kappa shape index (κ3) is 9.58. The summed E-state index contributed by atoms with van der Waals surface area (Å²) >= 11 is 0. The molecule has 72 heavy (non-hydrogen) atoms. The molecule has 4 aromatic carbocycles. The number of quaternary nitrogens is 1. The molecule has 0 radical (unpaired) electrons. The molecule has 0 unspecified atom stereocenters. The standard InChI is InChI=1S/C56H54N5O9.HI.Zn/c1-61(2,3)32-15-13-31(14-16-32)50-36-17-19-38(57-36)51(54-44(65-7)25-33(62-4)26-45(54)66-8)40-21-23-42(59-40)53(56-48(69-11)29-35(64-6)30-49(56)70-12)43-24-22-41(60-43)52(39-20-18-37(50)58-39)55-46(67-9)27-34(63-5)28-47(55)68-10;;/h13-30H,1-12H3;1H;/q-1;;+2/p-1. The number of benzene rings is 4. The molecule has 5 heterocycles. The van der Waals surface area contributed by atoms with Gasteiger partial charge < -0.3 is 76.6 Å². The number of rotatable bonds is 14. The smallest absolute Gasteiger partial charge is 1.00 e. The topological polar surface area (TPSA) is 137 Å². The number of methoxy groups -OCH3 is 9. The predicted molar refractivity (Wildman–Crippen MR) is 277 cm³/mol. The second-order valence-electron chi connectivity index (χ2n) is 17.1. The number of nitrogens with zero attached hydrogens (tertiary/aromatic N) is 5. The van der Waals surface area contributed by atoms with Crippen molar-refractivity contribution in [3.63, 3.8) is 0 Å². The molecule has 0 spiro atoms. The van der Waals surface area contributed by atoms with Crippen molar-refractivity contribution in [2.75, 3.05) is 85.1 Å². The van der Waals surface area contributed by atoms with Gasteiger partial charge in [-0.25, -0.2) is 9.97 Å². The molecule has 0 atom stereocenters. The zero-order valence-corrected chi connectivity index (χ0v) is 47.5. The summed E-state index contributed by atoms with van der Waals surface area (Å²) in [6, 6.07) is 27.3. The number of ether oxygens (including phenoxy) is 9. The summed E-state index contributed by atoms with van der Waals surface area (Å²) in [7, 11) is 20.9. The Morgan fingerprint density at radius 3 is 0.861 bits per heavy atom. The summed E-state index contributed by atoms with van der Waals surface area (Å²) in [5.41, 5.74) is 11.4. The van der Waals surface area contributed by atoms with E-state index in [9.17, 15) is 0 Å². The second-order valence-corrected chi connectivity index (χ2v) is 17.1. The van der Waals surface area contributed by atoms with E-state index in [-0.39, 0.29) is 43.5 Å². The third-order valence-electron chi connectivity index (χ3n) is 12.4. The Kier molecular flexibility index (Phi) is 16.0. The molecule has 14 nitrogen and oxygen atoms in total. The maximum Gasteiger partial charge on any atom is 2.00 e. The second kappa shape index (κ2) is 21.8.